The summed E-state index contributed by atoms with van der Waals surface area (Å²) in [5, 5.41) is 48.2. The molecule has 0 radical (unpaired) electrons. The van der Waals surface area contributed by atoms with Gasteiger partial charge in [0, 0.05) is 6.07 Å². The molecule has 0 aromatic heterocycles. The molecule has 0 fully saturated rings. The van der Waals surface area contributed by atoms with Crippen LogP contribution in [0.15, 0.2) is 29.5 Å². The van der Waals surface area contributed by atoms with Gasteiger partial charge in [-0.3, -0.25) is 10.1 Å². The van der Waals surface area contributed by atoms with Crippen LogP contribution in [0.25, 0.3) is 0 Å². The fourth-order valence-electron chi connectivity index (χ4n) is 1.34. The zero-order valence-corrected chi connectivity index (χ0v) is 10.2. The highest BCUT2D eigenvalue weighted by atomic mass is 16.6. The van der Waals surface area contributed by atoms with Gasteiger partial charge in [0.15, 0.2) is 5.57 Å². The average Bonchev–Trinajstić information content (AvgIpc) is 2.47. The van der Waals surface area contributed by atoms with Crippen LogP contribution in [0.2, 0.25) is 0 Å². The minimum atomic E-state index is -1.35. The van der Waals surface area contributed by atoms with Gasteiger partial charge in [0.1, 0.15) is 29.6 Å². The first-order chi connectivity index (χ1) is 9.94. The lowest BCUT2D eigenvalue weighted by Gasteiger charge is -2.06. The maximum absolute atomic E-state index is 10.9. The standard InChI is InChI=1S/C12H5N5O4/c13-4-8(5-14)10(6-15)16-9-2-1-7(12(18)19)3-11(9)17(20)21/h1-3,16H,(H,18,19). The van der Waals surface area contributed by atoms with E-state index in [2.05, 4.69) is 5.32 Å². The number of anilines is 1. The molecule has 1 aromatic carbocycles. The van der Waals surface area contributed by atoms with E-state index in [1.54, 1.807) is 6.07 Å². The molecule has 2 N–H and O–H groups in total. The number of benzene rings is 1. The third kappa shape index (κ3) is 3.31. The van der Waals surface area contributed by atoms with Crippen molar-refractivity contribution >= 4 is 17.3 Å². The normalized spacial score (nSPS) is 8.62. The Morgan fingerprint density at radius 2 is 1.86 bits per heavy atom. The summed E-state index contributed by atoms with van der Waals surface area (Å²) in [6.45, 7) is 0. The summed E-state index contributed by atoms with van der Waals surface area (Å²) in [6, 6.07) is 7.45. The van der Waals surface area contributed by atoms with E-state index in [4.69, 9.17) is 20.9 Å². The molecule has 1 aromatic rings. The van der Waals surface area contributed by atoms with Crippen LogP contribution in [0.1, 0.15) is 10.4 Å². The molecule has 0 saturated carbocycles. The summed E-state index contributed by atoms with van der Waals surface area (Å²) in [4.78, 5) is 20.8. The van der Waals surface area contributed by atoms with Crippen molar-refractivity contribution in [2.45, 2.75) is 0 Å². The Hall–Kier alpha value is -3.90. The summed E-state index contributed by atoms with van der Waals surface area (Å²) >= 11 is 0. The summed E-state index contributed by atoms with van der Waals surface area (Å²) in [5.41, 5.74) is -2.13. The molecule has 0 aliphatic rings. The van der Waals surface area contributed by atoms with Crippen molar-refractivity contribution in [3.63, 3.8) is 0 Å². The summed E-state index contributed by atoms with van der Waals surface area (Å²) in [7, 11) is 0. The van der Waals surface area contributed by atoms with Crippen LogP contribution < -0.4 is 5.32 Å². The lowest BCUT2D eigenvalue weighted by Crippen LogP contribution is -2.05. The van der Waals surface area contributed by atoms with Crippen molar-refractivity contribution in [1.82, 2.24) is 0 Å². The van der Waals surface area contributed by atoms with E-state index < -0.39 is 27.9 Å². The molecule has 0 aliphatic heterocycles. The van der Waals surface area contributed by atoms with E-state index in [0.717, 1.165) is 18.2 Å². The Balaban J connectivity index is 3.40. The fraction of sp³-hybridized carbons (Fsp3) is 0. The molecule has 0 spiro atoms. The third-order valence-electron chi connectivity index (χ3n) is 2.29. The minimum absolute atomic E-state index is 0.204. The topological polar surface area (TPSA) is 164 Å². The first-order valence-corrected chi connectivity index (χ1v) is 5.18. The van der Waals surface area contributed by atoms with Gasteiger partial charge in [0.2, 0.25) is 0 Å². The number of rotatable bonds is 4. The first-order valence-electron chi connectivity index (χ1n) is 5.18. The number of nitriles is 3. The lowest BCUT2D eigenvalue weighted by molar-refractivity contribution is -0.384. The first kappa shape index (κ1) is 15.2. The summed E-state index contributed by atoms with van der Waals surface area (Å²) < 4.78 is 0. The third-order valence-corrected chi connectivity index (χ3v) is 2.29. The van der Waals surface area contributed by atoms with Crippen LogP contribution >= 0.6 is 0 Å². The fourth-order valence-corrected chi connectivity index (χ4v) is 1.34. The van der Waals surface area contributed by atoms with Crippen molar-refractivity contribution < 1.29 is 14.8 Å². The number of nitrogens with one attached hydrogen (secondary N) is 1. The molecule has 0 atom stereocenters. The number of carboxylic acid groups (broad SMARTS) is 1. The number of allylic oxidation sites excluding steroid dienone is 2. The summed E-state index contributed by atoms with van der Waals surface area (Å²) in [5.74, 6) is -1.35. The van der Waals surface area contributed by atoms with Crippen LogP contribution in [-0.4, -0.2) is 16.0 Å². The molecule has 0 heterocycles. The van der Waals surface area contributed by atoms with Crippen LogP contribution in [0.5, 0.6) is 0 Å². The highest BCUT2D eigenvalue weighted by Gasteiger charge is 2.19. The number of carboxylic acids is 1. The number of hydrogen-bond donors (Lipinski definition) is 2. The molecule has 9 heteroatoms. The molecule has 0 aliphatic carbocycles. The van der Waals surface area contributed by atoms with Gasteiger partial charge in [-0.15, -0.1) is 0 Å². The SMILES string of the molecule is N#CC(C#N)=C(C#N)Nc1ccc(C(=O)O)cc1[N+](=O)[O-]. The Morgan fingerprint density at radius 3 is 2.29 bits per heavy atom. The molecular weight excluding hydrogens is 278 g/mol. The highest BCUT2D eigenvalue weighted by Crippen LogP contribution is 2.27. The van der Waals surface area contributed by atoms with Crippen LogP contribution in [0, 0.1) is 44.1 Å². The van der Waals surface area contributed by atoms with Crippen molar-refractivity contribution in [3.8, 4) is 18.2 Å². The van der Waals surface area contributed by atoms with Crippen molar-refractivity contribution in [2.75, 3.05) is 5.32 Å². The predicted octanol–water partition coefficient (Wildman–Crippen LogP) is 1.53. The zero-order valence-electron chi connectivity index (χ0n) is 10.2. The molecule has 21 heavy (non-hydrogen) atoms. The number of nitro benzene ring substituents is 1. The van der Waals surface area contributed by atoms with Crippen molar-refractivity contribution in [2.24, 2.45) is 0 Å². The maximum atomic E-state index is 10.9. The highest BCUT2D eigenvalue weighted by molar-refractivity contribution is 5.90. The molecule has 0 amide bonds. The Kier molecular flexibility index (Phi) is 4.56. The van der Waals surface area contributed by atoms with E-state index >= 15 is 0 Å². The molecule has 1 rings (SSSR count). The van der Waals surface area contributed by atoms with E-state index in [-0.39, 0.29) is 11.3 Å². The van der Waals surface area contributed by atoms with Crippen LogP contribution in [0.3, 0.4) is 0 Å². The van der Waals surface area contributed by atoms with Gasteiger partial charge in [-0.05, 0) is 12.1 Å². The van der Waals surface area contributed by atoms with E-state index in [0.29, 0.717) is 0 Å². The number of hydrogen-bond acceptors (Lipinski definition) is 7. The monoisotopic (exact) mass is 283 g/mol. The smallest absolute Gasteiger partial charge is 0.335 e. The molecule has 0 bridgehead atoms. The van der Waals surface area contributed by atoms with Crippen LogP contribution in [-0.2, 0) is 0 Å². The zero-order chi connectivity index (χ0) is 16.0. The largest absolute Gasteiger partial charge is 0.478 e. The van der Waals surface area contributed by atoms with Gasteiger partial charge >= 0.3 is 5.97 Å². The molecule has 0 unspecified atom stereocenters. The van der Waals surface area contributed by atoms with E-state index in [9.17, 15) is 14.9 Å². The molecular formula is C12H5N5O4. The van der Waals surface area contributed by atoms with Crippen molar-refractivity contribution in [3.05, 3.63) is 45.1 Å². The van der Waals surface area contributed by atoms with Crippen LogP contribution in [0.4, 0.5) is 11.4 Å². The second-order valence-corrected chi connectivity index (χ2v) is 3.50. The number of aromatic carboxylic acids is 1. The predicted molar refractivity (Wildman–Crippen MR) is 67.5 cm³/mol. The van der Waals surface area contributed by atoms with Gasteiger partial charge in [0.05, 0.1) is 10.5 Å². The summed E-state index contributed by atoms with van der Waals surface area (Å²) in [6.07, 6.45) is 0. The molecule has 9 nitrogen and oxygen atoms in total. The van der Waals surface area contributed by atoms with E-state index in [1.807, 2.05) is 0 Å². The molecule has 102 valence electrons. The maximum Gasteiger partial charge on any atom is 0.335 e. The number of nitro groups is 1. The Morgan fingerprint density at radius 1 is 1.24 bits per heavy atom. The van der Waals surface area contributed by atoms with Gasteiger partial charge in [0.25, 0.3) is 5.69 Å². The van der Waals surface area contributed by atoms with Gasteiger partial charge in [-0.1, -0.05) is 0 Å². The van der Waals surface area contributed by atoms with Gasteiger partial charge in [-0.2, -0.15) is 15.8 Å². The second kappa shape index (κ2) is 6.32. The quantitative estimate of drug-likeness (QED) is 0.477. The Bertz CT molecular complexity index is 760. The van der Waals surface area contributed by atoms with Gasteiger partial charge < -0.3 is 10.4 Å². The second-order valence-electron chi connectivity index (χ2n) is 3.50. The van der Waals surface area contributed by atoms with Gasteiger partial charge in [-0.25, -0.2) is 4.79 Å². The number of nitrogens with zero attached hydrogens (tertiary/aromatic N) is 4. The Labute approximate surface area is 117 Å². The van der Waals surface area contributed by atoms with E-state index in [1.165, 1.54) is 12.1 Å². The molecule has 0 saturated heterocycles. The lowest BCUT2D eigenvalue weighted by atomic mass is 10.1. The number of carbonyl (C=O) groups is 1. The van der Waals surface area contributed by atoms with Crippen molar-refractivity contribution in [1.29, 1.82) is 15.8 Å². The average molecular weight is 283 g/mol. The minimum Gasteiger partial charge on any atom is -0.478 e.